The van der Waals surface area contributed by atoms with E-state index in [1.54, 1.807) is 0 Å². The molecule has 0 bridgehead atoms. The van der Waals surface area contributed by atoms with Gasteiger partial charge < -0.3 is 4.74 Å². The summed E-state index contributed by atoms with van der Waals surface area (Å²) in [5.41, 5.74) is 0.484. The smallest absolute Gasteiger partial charge is 0.0495 e. The summed E-state index contributed by atoms with van der Waals surface area (Å²) in [4.78, 5) is 0. The van der Waals surface area contributed by atoms with Crippen LogP contribution in [-0.2, 0) is 4.74 Å². The molecule has 0 spiro atoms. The largest absolute Gasteiger partial charge is 0.381 e. The molecule has 1 fully saturated rings. The van der Waals surface area contributed by atoms with Gasteiger partial charge in [-0.15, -0.1) is 0 Å². The van der Waals surface area contributed by atoms with Crippen LogP contribution >= 0.6 is 15.9 Å². The topological polar surface area (TPSA) is 9.23 Å². The number of halogens is 1. The second-order valence-electron chi connectivity index (χ2n) is 4.23. The Balaban J connectivity index is 2.35. The van der Waals surface area contributed by atoms with Crippen molar-refractivity contribution >= 4 is 15.9 Å². The van der Waals surface area contributed by atoms with Crippen LogP contribution in [0.5, 0.6) is 0 Å². The second-order valence-corrected chi connectivity index (χ2v) is 4.79. The van der Waals surface area contributed by atoms with Crippen LogP contribution in [-0.4, -0.2) is 18.5 Å². The fourth-order valence-corrected chi connectivity index (χ4v) is 2.36. The summed E-state index contributed by atoms with van der Waals surface area (Å²) < 4.78 is 5.38. The summed E-state index contributed by atoms with van der Waals surface area (Å²) in [6, 6.07) is 0. The zero-order valence-corrected chi connectivity index (χ0v) is 9.69. The van der Waals surface area contributed by atoms with Gasteiger partial charge in [0.1, 0.15) is 0 Å². The molecule has 0 aromatic rings. The normalized spacial score (nSPS) is 28.8. The van der Waals surface area contributed by atoms with Crippen molar-refractivity contribution in [3.8, 4) is 0 Å². The molecular formula is C10H19BrO. The Morgan fingerprint density at radius 1 is 1.58 bits per heavy atom. The summed E-state index contributed by atoms with van der Waals surface area (Å²) in [7, 11) is 0. The lowest BCUT2D eigenvalue weighted by Crippen LogP contribution is -2.21. The van der Waals surface area contributed by atoms with Crippen molar-refractivity contribution in [2.45, 2.75) is 33.1 Å². The van der Waals surface area contributed by atoms with Crippen LogP contribution in [0.1, 0.15) is 33.1 Å². The molecule has 0 aromatic heterocycles. The SMILES string of the molecule is CCC(C)(CBr)CC1CCOC1. The van der Waals surface area contributed by atoms with Crippen molar-refractivity contribution < 1.29 is 4.74 Å². The summed E-state index contributed by atoms with van der Waals surface area (Å²) >= 11 is 3.60. The maximum Gasteiger partial charge on any atom is 0.0495 e. The molecule has 0 radical (unpaired) electrons. The first-order valence-electron chi connectivity index (χ1n) is 4.84. The van der Waals surface area contributed by atoms with Crippen molar-refractivity contribution in [2.24, 2.45) is 11.3 Å². The molecule has 1 aliphatic rings. The van der Waals surface area contributed by atoms with Crippen molar-refractivity contribution in [3.63, 3.8) is 0 Å². The van der Waals surface area contributed by atoms with Gasteiger partial charge in [0.2, 0.25) is 0 Å². The molecule has 2 heteroatoms. The lowest BCUT2D eigenvalue weighted by molar-refractivity contribution is 0.170. The monoisotopic (exact) mass is 234 g/mol. The van der Waals surface area contributed by atoms with Crippen molar-refractivity contribution in [2.75, 3.05) is 18.5 Å². The van der Waals surface area contributed by atoms with E-state index in [0.29, 0.717) is 5.41 Å². The van der Waals surface area contributed by atoms with Gasteiger partial charge in [0.25, 0.3) is 0 Å². The zero-order chi connectivity index (χ0) is 9.03. The van der Waals surface area contributed by atoms with Gasteiger partial charge in [0.15, 0.2) is 0 Å². The van der Waals surface area contributed by atoms with E-state index < -0.39 is 0 Å². The van der Waals surface area contributed by atoms with E-state index in [0.717, 1.165) is 24.5 Å². The highest BCUT2D eigenvalue weighted by atomic mass is 79.9. The first-order valence-corrected chi connectivity index (χ1v) is 5.96. The standard InChI is InChI=1S/C10H19BrO/c1-3-10(2,8-11)6-9-4-5-12-7-9/h9H,3-8H2,1-2H3. The van der Waals surface area contributed by atoms with Gasteiger partial charge >= 0.3 is 0 Å². The quantitative estimate of drug-likeness (QED) is 0.680. The third-order valence-electron chi connectivity index (χ3n) is 2.98. The summed E-state index contributed by atoms with van der Waals surface area (Å²) in [6.45, 7) is 6.60. The zero-order valence-electron chi connectivity index (χ0n) is 8.11. The van der Waals surface area contributed by atoms with Gasteiger partial charge in [-0.05, 0) is 30.6 Å². The Hall–Kier alpha value is 0.440. The van der Waals surface area contributed by atoms with E-state index in [4.69, 9.17) is 4.74 Å². The molecule has 1 saturated heterocycles. The molecule has 1 nitrogen and oxygen atoms in total. The fraction of sp³-hybridized carbons (Fsp3) is 1.00. The highest BCUT2D eigenvalue weighted by Gasteiger charge is 2.27. The molecule has 0 aromatic carbocycles. The van der Waals surface area contributed by atoms with Crippen LogP contribution in [0.15, 0.2) is 0 Å². The van der Waals surface area contributed by atoms with Crippen molar-refractivity contribution in [1.82, 2.24) is 0 Å². The van der Waals surface area contributed by atoms with E-state index in [1.165, 1.54) is 19.3 Å². The van der Waals surface area contributed by atoms with E-state index in [9.17, 15) is 0 Å². The molecule has 1 heterocycles. The minimum Gasteiger partial charge on any atom is -0.381 e. The molecule has 12 heavy (non-hydrogen) atoms. The Morgan fingerprint density at radius 2 is 2.33 bits per heavy atom. The minimum atomic E-state index is 0.484. The summed E-state index contributed by atoms with van der Waals surface area (Å²) in [5, 5.41) is 1.12. The summed E-state index contributed by atoms with van der Waals surface area (Å²) in [6.07, 6.45) is 3.84. The summed E-state index contributed by atoms with van der Waals surface area (Å²) in [5.74, 6) is 0.812. The van der Waals surface area contributed by atoms with E-state index in [-0.39, 0.29) is 0 Å². The van der Waals surface area contributed by atoms with Crippen molar-refractivity contribution in [1.29, 1.82) is 0 Å². The number of rotatable bonds is 4. The minimum absolute atomic E-state index is 0.484. The number of ether oxygens (including phenoxy) is 1. The Kier molecular flexibility index (Phi) is 4.04. The van der Waals surface area contributed by atoms with Crippen LogP contribution in [0.25, 0.3) is 0 Å². The van der Waals surface area contributed by atoms with E-state index in [1.807, 2.05) is 0 Å². The highest BCUT2D eigenvalue weighted by Crippen LogP contribution is 2.34. The lowest BCUT2D eigenvalue weighted by Gasteiger charge is -2.28. The van der Waals surface area contributed by atoms with Gasteiger partial charge in [-0.25, -0.2) is 0 Å². The molecule has 0 saturated carbocycles. The number of alkyl halides is 1. The van der Waals surface area contributed by atoms with Crippen LogP contribution in [0, 0.1) is 11.3 Å². The molecule has 0 N–H and O–H groups in total. The molecule has 0 aliphatic carbocycles. The first-order chi connectivity index (χ1) is 5.70. The first kappa shape index (κ1) is 10.5. The van der Waals surface area contributed by atoms with E-state index >= 15 is 0 Å². The number of hydrogen-bond donors (Lipinski definition) is 0. The maximum atomic E-state index is 5.38. The predicted molar refractivity (Wildman–Crippen MR) is 55.7 cm³/mol. The lowest BCUT2D eigenvalue weighted by atomic mass is 9.80. The molecule has 1 rings (SSSR count). The van der Waals surface area contributed by atoms with Crippen LogP contribution in [0.2, 0.25) is 0 Å². The Morgan fingerprint density at radius 3 is 2.75 bits per heavy atom. The van der Waals surface area contributed by atoms with Crippen LogP contribution in [0.3, 0.4) is 0 Å². The Bertz CT molecular complexity index is 126. The molecule has 2 unspecified atom stereocenters. The average Bonchev–Trinajstić information content (AvgIpc) is 2.57. The predicted octanol–water partition coefficient (Wildman–Crippen LogP) is 3.22. The Labute approximate surface area is 84.0 Å². The van der Waals surface area contributed by atoms with Gasteiger partial charge in [0.05, 0.1) is 0 Å². The molecule has 0 amide bonds. The fourth-order valence-electron chi connectivity index (χ4n) is 1.73. The van der Waals surface area contributed by atoms with Crippen LogP contribution in [0.4, 0.5) is 0 Å². The average molecular weight is 235 g/mol. The highest BCUT2D eigenvalue weighted by molar-refractivity contribution is 9.09. The maximum absolute atomic E-state index is 5.38. The van der Waals surface area contributed by atoms with Crippen LogP contribution < -0.4 is 0 Å². The third kappa shape index (κ3) is 2.74. The molecule has 1 aliphatic heterocycles. The number of hydrogen-bond acceptors (Lipinski definition) is 1. The molecule has 2 atom stereocenters. The van der Waals surface area contributed by atoms with Gasteiger partial charge in [-0.1, -0.05) is 29.8 Å². The molecule has 72 valence electrons. The van der Waals surface area contributed by atoms with Gasteiger partial charge in [-0.3, -0.25) is 0 Å². The van der Waals surface area contributed by atoms with Gasteiger partial charge in [0, 0.05) is 18.5 Å². The van der Waals surface area contributed by atoms with E-state index in [2.05, 4.69) is 29.8 Å². The molecular weight excluding hydrogens is 216 g/mol. The third-order valence-corrected chi connectivity index (χ3v) is 4.34. The second kappa shape index (κ2) is 4.61. The van der Waals surface area contributed by atoms with Crippen molar-refractivity contribution in [3.05, 3.63) is 0 Å². The van der Waals surface area contributed by atoms with Gasteiger partial charge in [-0.2, -0.15) is 0 Å².